The Morgan fingerprint density at radius 3 is 2.94 bits per heavy atom. The number of H-pyrrole nitrogens is 1. The van der Waals surface area contributed by atoms with E-state index in [-0.39, 0.29) is 11.7 Å². The van der Waals surface area contributed by atoms with Crippen molar-refractivity contribution in [3.63, 3.8) is 0 Å². The zero-order valence-electron chi connectivity index (χ0n) is 9.42. The fourth-order valence-corrected chi connectivity index (χ4v) is 1.51. The summed E-state index contributed by atoms with van der Waals surface area (Å²) in [6, 6.07) is 3.75. The molecule has 1 amide bonds. The van der Waals surface area contributed by atoms with Crippen LogP contribution in [0.4, 0.5) is 5.82 Å². The number of hydrogen-bond donors (Lipinski definition) is 2. The first-order valence-electron chi connectivity index (χ1n) is 5.11. The van der Waals surface area contributed by atoms with E-state index in [0.29, 0.717) is 12.1 Å². The molecular formula is C11H13N5O. The first-order chi connectivity index (χ1) is 8.18. The van der Waals surface area contributed by atoms with Crippen molar-refractivity contribution >= 4 is 11.7 Å². The van der Waals surface area contributed by atoms with Crippen LogP contribution in [0.5, 0.6) is 0 Å². The maximum absolute atomic E-state index is 12.0. The maximum Gasteiger partial charge on any atom is 0.259 e. The highest BCUT2D eigenvalue weighted by Gasteiger charge is 2.16. The van der Waals surface area contributed by atoms with Gasteiger partial charge in [0.25, 0.3) is 5.91 Å². The molecule has 0 aliphatic carbocycles. The molecule has 0 spiro atoms. The molecule has 0 aromatic carbocycles. The van der Waals surface area contributed by atoms with Crippen LogP contribution in [0.15, 0.2) is 30.7 Å². The predicted octanol–water partition coefficient (Wildman–Crippen LogP) is 0.659. The number of nitrogens with one attached hydrogen (secondary N) is 1. The van der Waals surface area contributed by atoms with Crippen LogP contribution < -0.4 is 5.73 Å². The predicted molar refractivity (Wildman–Crippen MR) is 63.0 cm³/mol. The van der Waals surface area contributed by atoms with Crippen molar-refractivity contribution in [2.45, 2.75) is 6.54 Å². The summed E-state index contributed by atoms with van der Waals surface area (Å²) in [5.74, 6) is 0.119. The minimum atomic E-state index is -0.167. The van der Waals surface area contributed by atoms with E-state index in [1.54, 1.807) is 24.3 Å². The van der Waals surface area contributed by atoms with Crippen LogP contribution in [0.25, 0.3) is 0 Å². The molecule has 0 bridgehead atoms. The van der Waals surface area contributed by atoms with Gasteiger partial charge in [0.05, 0.1) is 6.20 Å². The molecule has 2 aromatic heterocycles. The third-order valence-electron chi connectivity index (χ3n) is 2.39. The Morgan fingerprint density at radius 2 is 2.35 bits per heavy atom. The van der Waals surface area contributed by atoms with Gasteiger partial charge in [-0.3, -0.25) is 14.9 Å². The monoisotopic (exact) mass is 231 g/mol. The van der Waals surface area contributed by atoms with Gasteiger partial charge in [0.1, 0.15) is 11.4 Å². The van der Waals surface area contributed by atoms with Gasteiger partial charge in [-0.1, -0.05) is 6.07 Å². The molecule has 0 radical (unpaired) electrons. The number of carbonyl (C=O) groups is 1. The number of carbonyl (C=O) groups excluding carboxylic acids is 1. The fraction of sp³-hybridized carbons (Fsp3) is 0.182. The quantitative estimate of drug-likeness (QED) is 0.812. The van der Waals surface area contributed by atoms with E-state index in [0.717, 1.165) is 5.56 Å². The molecule has 0 atom stereocenters. The summed E-state index contributed by atoms with van der Waals surface area (Å²) in [4.78, 5) is 17.6. The Kier molecular flexibility index (Phi) is 3.04. The molecule has 2 heterocycles. The lowest BCUT2D eigenvalue weighted by atomic mass is 10.2. The molecule has 88 valence electrons. The molecule has 17 heavy (non-hydrogen) atoms. The highest BCUT2D eigenvalue weighted by Crippen LogP contribution is 2.11. The van der Waals surface area contributed by atoms with Crippen molar-refractivity contribution in [2.24, 2.45) is 0 Å². The van der Waals surface area contributed by atoms with Gasteiger partial charge in [-0.05, 0) is 11.6 Å². The smallest absolute Gasteiger partial charge is 0.259 e. The topological polar surface area (TPSA) is 87.9 Å². The van der Waals surface area contributed by atoms with E-state index in [9.17, 15) is 4.79 Å². The molecule has 6 heteroatoms. The number of nitrogens with zero attached hydrogens (tertiary/aromatic N) is 3. The molecule has 6 nitrogen and oxygen atoms in total. The fourth-order valence-electron chi connectivity index (χ4n) is 1.51. The number of nitrogen functional groups attached to an aromatic ring is 1. The molecule has 2 rings (SSSR count). The number of nitrogens with two attached hydrogens (primary N) is 1. The summed E-state index contributed by atoms with van der Waals surface area (Å²) in [5, 5.41) is 6.26. The molecule has 0 aliphatic heterocycles. The van der Waals surface area contributed by atoms with E-state index in [2.05, 4.69) is 15.2 Å². The molecule has 0 fully saturated rings. The van der Waals surface area contributed by atoms with Crippen molar-refractivity contribution in [3.8, 4) is 0 Å². The summed E-state index contributed by atoms with van der Waals surface area (Å²) >= 11 is 0. The van der Waals surface area contributed by atoms with E-state index < -0.39 is 0 Å². The zero-order valence-corrected chi connectivity index (χ0v) is 9.42. The molecule has 3 N–H and O–H groups in total. The van der Waals surface area contributed by atoms with Gasteiger partial charge in [-0.15, -0.1) is 0 Å². The van der Waals surface area contributed by atoms with Crippen LogP contribution in [0.1, 0.15) is 15.9 Å². The van der Waals surface area contributed by atoms with Crippen LogP contribution in [0, 0.1) is 0 Å². The Hall–Kier alpha value is -2.37. The summed E-state index contributed by atoms with van der Waals surface area (Å²) in [5.41, 5.74) is 6.94. The lowest BCUT2D eigenvalue weighted by Gasteiger charge is -2.16. The Bertz CT molecular complexity index is 508. The van der Waals surface area contributed by atoms with Gasteiger partial charge >= 0.3 is 0 Å². The number of hydrogen-bond acceptors (Lipinski definition) is 4. The van der Waals surface area contributed by atoms with Crippen LogP contribution >= 0.6 is 0 Å². The number of aromatic amines is 1. The highest BCUT2D eigenvalue weighted by atomic mass is 16.2. The normalized spacial score (nSPS) is 10.2. The first-order valence-corrected chi connectivity index (χ1v) is 5.11. The summed E-state index contributed by atoms with van der Waals surface area (Å²) in [6.07, 6.45) is 4.85. The first kappa shape index (κ1) is 11.1. The SMILES string of the molecule is CN(Cc1cccnc1)C(=O)c1cn[nH]c1N. The molecule has 2 aromatic rings. The highest BCUT2D eigenvalue weighted by molar-refractivity contribution is 5.97. The molecular weight excluding hydrogens is 218 g/mol. The van der Waals surface area contributed by atoms with Crippen LogP contribution in [-0.4, -0.2) is 33.0 Å². The summed E-state index contributed by atoms with van der Waals surface area (Å²) in [7, 11) is 1.71. The van der Waals surface area contributed by atoms with Crippen molar-refractivity contribution in [1.29, 1.82) is 0 Å². The Labute approximate surface area is 98.5 Å². The zero-order chi connectivity index (χ0) is 12.3. The van der Waals surface area contributed by atoms with E-state index in [1.807, 2.05) is 12.1 Å². The third-order valence-corrected chi connectivity index (χ3v) is 2.39. The van der Waals surface area contributed by atoms with Gasteiger partial charge in [0.2, 0.25) is 0 Å². The van der Waals surface area contributed by atoms with Crippen molar-refractivity contribution < 1.29 is 4.79 Å². The second kappa shape index (κ2) is 4.65. The van der Waals surface area contributed by atoms with Crippen LogP contribution in [0.2, 0.25) is 0 Å². The summed E-state index contributed by atoms with van der Waals surface area (Å²) < 4.78 is 0. The van der Waals surface area contributed by atoms with Crippen molar-refractivity contribution in [1.82, 2.24) is 20.1 Å². The number of pyridine rings is 1. The van der Waals surface area contributed by atoms with Gasteiger partial charge in [0, 0.05) is 26.0 Å². The average molecular weight is 231 g/mol. The standard InChI is InChI=1S/C11H13N5O/c1-16(7-8-3-2-4-13-5-8)11(17)9-6-14-15-10(9)12/h2-6H,7H2,1H3,(H3,12,14,15). The lowest BCUT2D eigenvalue weighted by Crippen LogP contribution is -2.26. The summed E-state index contributed by atoms with van der Waals surface area (Å²) in [6.45, 7) is 0.483. The minimum Gasteiger partial charge on any atom is -0.383 e. The van der Waals surface area contributed by atoms with E-state index in [4.69, 9.17) is 5.73 Å². The molecule has 0 saturated carbocycles. The van der Waals surface area contributed by atoms with Gasteiger partial charge in [-0.2, -0.15) is 5.10 Å². The second-order valence-corrected chi connectivity index (χ2v) is 3.72. The maximum atomic E-state index is 12.0. The number of rotatable bonds is 3. The second-order valence-electron chi connectivity index (χ2n) is 3.72. The third kappa shape index (κ3) is 2.41. The van der Waals surface area contributed by atoms with Crippen LogP contribution in [0.3, 0.4) is 0 Å². The Balaban J connectivity index is 2.09. The van der Waals surface area contributed by atoms with Gasteiger partial charge < -0.3 is 10.6 Å². The molecule has 0 saturated heterocycles. The van der Waals surface area contributed by atoms with E-state index in [1.165, 1.54) is 6.20 Å². The van der Waals surface area contributed by atoms with E-state index >= 15 is 0 Å². The average Bonchev–Trinajstić information content (AvgIpc) is 2.76. The Morgan fingerprint density at radius 1 is 1.53 bits per heavy atom. The van der Waals surface area contributed by atoms with Gasteiger partial charge in [0.15, 0.2) is 0 Å². The lowest BCUT2D eigenvalue weighted by molar-refractivity contribution is 0.0786. The van der Waals surface area contributed by atoms with Crippen molar-refractivity contribution in [2.75, 3.05) is 12.8 Å². The number of amides is 1. The number of anilines is 1. The van der Waals surface area contributed by atoms with Crippen molar-refractivity contribution in [3.05, 3.63) is 41.9 Å². The molecule has 0 aliphatic rings. The molecule has 0 unspecified atom stereocenters. The van der Waals surface area contributed by atoms with Gasteiger partial charge in [-0.25, -0.2) is 0 Å². The van der Waals surface area contributed by atoms with Crippen LogP contribution in [-0.2, 0) is 6.54 Å². The number of aromatic nitrogens is 3. The largest absolute Gasteiger partial charge is 0.383 e. The minimum absolute atomic E-state index is 0.167.